The molecule has 20 heavy (non-hydrogen) atoms. The molecule has 2 amide bonds. The summed E-state index contributed by atoms with van der Waals surface area (Å²) in [4.78, 5) is 24.4. The summed E-state index contributed by atoms with van der Waals surface area (Å²) in [6.07, 6.45) is -0.0394. The van der Waals surface area contributed by atoms with Gasteiger partial charge in [-0.2, -0.15) is 0 Å². The summed E-state index contributed by atoms with van der Waals surface area (Å²) in [6, 6.07) is 5.37. The van der Waals surface area contributed by atoms with Crippen LogP contribution in [0.4, 0.5) is 16.2 Å². The van der Waals surface area contributed by atoms with Gasteiger partial charge in [-0.15, -0.1) is 0 Å². The number of aliphatic hydroxyl groups is 1. The molecule has 0 heterocycles. The number of aliphatic carboxylic acids is 1. The summed E-state index contributed by atoms with van der Waals surface area (Å²) in [5.74, 6) is -1.18. The molecule has 0 unspecified atom stereocenters. The Hall–Kier alpha value is -2.28. The van der Waals surface area contributed by atoms with Gasteiger partial charge in [0.05, 0.1) is 0 Å². The Morgan fingerprint density at radius 2 is 1.85 bits per heavy atom. The van der Waals surface area contributed by atoms with Crippen LogP contribution in [0.5, 0.6) is 0 Å². The summed E-state index contributed by atoms with van der Waals surface area (Å²) in [7, 11) is 3.81. The molecule has 0 aliphatic carbocycles. The predicted molar refractivity (Wildman–Crippen MR) is 76.1 cm³/mol. The predicted octanol–water partition coefficient (Wildman–Crippen LogP) is 0.710. The minimum atomic E-state index is -1.18. The number of amides is 2. The van der Waals surface area contributed by atoms with Crippen LogP contribution in [-0.2, 0) is 4.79 Å². The van der Waals surface area contributed by atoms with Crippen LogP contribution in [0, 0.1) is 0 Å². The topological polar surface area (TPSA) is 102 Å². The highest BCUT2D eigenvalue weighted by Crippen LogP contribution is 2.15. The van der Waals surface area contributed by atoms with Crippen molar-refractivity contribution in [2.24, 2.45) is 0 Å². The Kier molecular flexibility index (Phi) is 5.79. The number of anilines is 2. The van der Waals surface area contributed by atoms with Gasteiger partial charge in [0.2, 0.25) is 0 Å². The summed E-state index contributed by atoms with van der Waals surface area (Å²) in [6.45, 7) is -0.311. The number of rotatable bonds is 6. The van der Waals surface area contributed by atoms with Crippen LogP contribution in [0.1, 0.15) is 6.42 Å². The fourth-order valence-corrected chi connectivity index (χ4v) is 1.55. The van der Waals surface area contributed by atoms with Crippen LogP contribution in [0.25, 0.3) is 0 Å². The lowest BCUT2D eigenvalue weighted by Crippen LogP contribution is -2.43. The van der Waals surface area contributed by atoms with Gasteiger partial charge in [-0.1, -0.05) is 0 Å². The van der Waals surface area contributed by atoms with Crippen LogP contribution < -0.4 is 15.5 Å². The summed E-state index contributed by atoms with van der Waals surface area (Å²) in [5.41, 5.74) is 1.54. The third-order valence-electron chi connectivity index (χ3n) is 2.66. The van der Waals surface area contributed by atoms with Crippen molar-refractivity contribution in [2.45, 2.75) is 12.5 Å². The Balaban J connectivity index is 2.59. The SMILES string of the molecule is CN(C)c1ccc(NC(=O)N[C@H](CCO)C(=O)O)cc1. The molecule has 0 aliphatic heterocycles. The molecule has 7 heteroatoms. The van der Waals surface area contributed by atoms with E-state index in [1.165, 1.54) is 0 Å². The molecule has 0 spiro atoms. The highest BCUT2D eigenvalue weighted by molar-refractivity contribution is 5.92. The molecule has 1 aromatic rings. The smallest absolute Gasteiger partial charge is 0.326 e. The summed E-state index contributed by atoms with van der Waals surface area (Å²) >= 11 is 0. The van der Waals surface area contributed by atoms with E-state index in [0.29, 0.717) is 5.69 Å². The minimum absolute atomic E-state index is 0.0394. The van der Waals surface area contributed by atoms with E-state index < -0.39 is 18.0 Å². The van der Waals surface area contributed by atoms with Crippen LogP contribution in [0.15, 0.2) is 24.3 Å². The molecule has 4 N–H and O–H groups in total. The molecular formula is C13H19N3O4. The number of benzene rings is 1. The molecule has 1 rings (SSSR count). The monoisotopic (exact) mass is 281 g/mol. The number of carbonyl (C=O) groups excluding carboxylic acids is 1. The van der Waals surface area contributed by atoms with Gasteiger partial charge in [-0.25, -0.2) is 9.59 Å². The number of aliphatic hydroxyl groups excluding tert-OH is 1. The Bertz CT molecular complexity index is 459. The van der Waals surface area contributed by atoms with E-state index in [1.807, 2.05) is 31.1 Å². The van der Waals surface area contributed by atoms with Gasteiger partial charge < -0.3 is 25.7 Å². The second-order valence-electron chi connectivity index (χ2n) is 4.44. The van der Waals surface area contributed by atoms with Crippen molar-refractivity contribution in [1.82, 2.24) is 5.32 Å². The zero-order valence-electron chi connectivity index (χ0n) is 11.5. The van der Waals surface area contributed by atoms with Gasteiger partial charge >= 0.3 is 12.0 Å². The Morgan fingerprint density at radius 1 is 1.25 bits per heavy atom. The highest BCUT2D eigenvalue weighted by atomic mass is 16.4. The van der Waals surface area contributed by atoms with Gasteiger partial charge in [0.15, 0.2) is 0 Å². The maximum atomic E-state index is 11.6. The van der Waals surface area contributed by atoms with E-state index in [1.54, 1.807) is 12.1 Å². The number of nitrogens with zero attached hydrogens (tertiary/aromatic N) is 1. The number of hydrogen-bond acceptors (Lipinski definition) is 4. The number of carboxylic acid groups (broad SMARTS) is 1. The average molecular weight is 281 g/mol. The first-order valence-electron chi connectivity index (χ1n) is 6.12. The summed E-state index contributed by atoms with van der Waals surface area (Å²) < 4.78 is 0. The molecule has 0 fully saturated rings. The first kappa shape index (κ1) is 15.8. The van der Waals surface area contributed by atoms with Gasteiger partial charge in [0.1, 0.15) is 6.04 Å². The van der Waals surface area contributed by atoms with Crippen molar-refractivity contribution >= 4 is 23.4 Å². The first-order chi connectivity index (χ1) is 9.43. The highest BCUT2D eigenvalue weighted by Gasteiger charge is 2.19. The van der Waals surface area contributed by atoms with Crippen LogP contribution in [-0.4, -0.2) is 49.0 Å². The van der Waals surface area contributed by atoms with Crippen LogP contribution in [0.2, 0.25) is 0 Å². The third-order valence-corrected chi connectivity index (χ3v) is 2.66. The quantitative estimate of drug-likeness (QED) is 0.615. The second-order valence-corrected chi connectivity index (χ2v) is 4.44. The molecular weight excluding hydrogens is 262 g/mol. The van der Waals surface area contributed by atoms with E-state index >= 15 is 0 Å². The number of urea groups is 1. The fourth-order valence-electron chi connectivity index (χ4n) is 1.55. The summed E-state index contributed by atoms with van der Waals surface area (Å²) in [5, 5.41) is 22.4. The number of hydrogen-bond donors (Lipinski definition) is 4. The van der Waals surface area contributed by atoms with Crippen LogP contribution in [0.3, 0.4) is 0 Å². The lowest BCUT2D eigenvalue weighted by Gasteiger charge is -2.15. The zero-order valence-corrected chi connectivity index (χ0v) is 11.5. The molecule has 0 aliphatic rings. The lowest BCUT2D eigenvalue weighted by atomic mass is 10.2. The third kappa shape index (κ3) is 4.77. The Morgan fingerprint density at radius 3 is 2.30 bits per heavy atom. The van der Waals surface area contributed by atoms with E-state index in [9.17, 15) is 9.59 Å². The maximum Gasteiger partial charge on any atom is 0.326 e. The minimum Gasteiger partial charge on any atom is -0.480 e. The van der Waals surface area contributed by atoms with Gasteiger partial charge in [0.25, 0.3) is 0 Å². The molecule has 0 aromatic heterocycles. The zero-order chi connectivity index (χ0) is 15.1. The molecule has 7 nitrogen and oxygen atoms in total. The molecule has 0 bridgehead atoms. The molecule has 1 aromatic carbocycles. The van der Waals surface area contributed by atoms with Crippen molar-refractivity contribution < 1.29 is 19.8 Å². The normalized spacial score (nSPS) is 11.6. The van der Waals surface area contributed by atoms with Gasteiger partial charge in [-0.05, 0) is 24.3 Å². The number of carboxylic acids is 1. The molecule has 1 atom stereocenters. The van der Waals surface area contributed by atoms with Crippen molar-refractivity contribution in [3.63, 3.8) is 0 Å². The van der Waals surface area contributed by atoms with Crippen molar-refractivity contribution in [1.29, 1.82) is 0 Å². The molecule has 110 valence electrons. The standard InChI is InChI=1S/C13H19N3O4/c1-16(2)10-5-3-9(4-6-10)14-13(20)15-11(7-8-17)12(18)19/h3-6,11,17H,7-8H2,1-2H3,(H,18,19)(H2,14,15,20)/t11-/m1/s1. The van der Waals surface area contributed by atoms with E-state index in [2.05, 4.69) is 10.6 Å². The fraction of sp³-hybridized carbons (Fsp3) is 0.385. The van der Waals surface area contributed by atoms with E-state index in [4.69, 9.17) is 10.2 Å². The Labute approximate surface area is 117 Å². The van der Waals surface area contributed by atoms with E-state index in [0.717, 1.165) is 5.69 Å². The number of carbonyl (C=O) groups is 2. The van der Waals surface area contributed by atoms with Crippen molar-refractivity contribution in [2.75, 3.05) is 30.9 Å². The van der Waals surface area contributed by atoms with Gasteiger partial charge in [0, 0.05) is 38.5 Å². The van der Waals surface area contributed by atoms with Crippen molar-refractivity contribution in [3.8, 4) is 0 Å². The number of nitrogens with one attached hydrogen (secondary N) is 2. The van der Waals surface area contributed by atoms with Crippen molar-refractivity contribution in [3.05, 3.63) is 24.3 Å². The molecule has 0 saturated carbocycles. The largest absolute Gasteiger partial charge is 0.480 e. The van der Waals surface area contributed by atoms with E-state index in [-0.39, 0.29) is 13.0 Å². The van der Waals surface area contributed by atoms with Crippen LogP contribution >= 0.6 is 0 Å². The molecule has 0 saturated heterocycles. The lowest BCUT2D eigenvalue weighted by molar-refractivity contribution is -0.139. The first-order valence-corrected chi connectivity index (χ1v) is 6.12. The maximum absolute atomic E-state index is 11.6. The average Bonchev–Trinajstić information content (AvgIpc) is 2.38. The van der Waals surface area contributed by atoms with Gasteiger partial charge in [-0.3, -0.25) is 0 Å². The molecule has 0 radical (unpaired) electrons. The second kappa shape index (κ2) is 7.34.